The summed E-state index contributed by atoms with van der Waals surface area (Å²) in [5.74, 6) is 1.43. The quantitative estimate of drug-likeness (QED) is 0.773. The molecule has 3 rings (SSSR count). The maximum atomic E-state index is 12.0. The molecule has 1 N–H and O–H groups in total. The number of methoxy groups -OCH3 is 1. The van der Waals surface area contributed by atoms with Crippen LogP contribution in [0.1, 0.15) is 24.4 Å². The summed E-state index contributed by atoms with van der Waals surface area (Å²) in [7, 11) is 1.62. The first kappa shape index (κ1) is 14.1. The van der Waals surface area contributed by atoms with Crippen molar-refractivity contribution in [1.29, 1.82) is 0 Å². The minimum Gasteiger partial charge on any atom is -0.497 e. The average molecular weight is 299 g/mol. The van der Waals surface area contributed by atoms with Gasteiger partial charge < -0.3 is 4.74 Å². The van der Waals surface area contributed by atoms with Crippen LogP contribution in [0.5, 0.6) is 5.75 Å². The van der Waals surface area contributed by atoms with Gasteiger partial charge in [0.25, 0.3) is 0 Å². The molecule has 0 aliphatic rings. The highest BCUT2D eigenvalue weighted by Crippen LogP contribution is 2.16. The molecule has 0 bridgehead atoms. The molecule has 114 valence electrons. The van der Waals surface area contributed by atoms with Gasteiger partial charge in [0, 0.05) is 12.4 Å². The Hall–Kier alpha value is -2.83. The molecule has 0 aliphatic heterocycles. The van der Waals surface area contributed by atoms with E-state index in [0.29, 0.717) is 12.4 Å². The highest BCUT2D eigenvalue weighted by Gasteiger charge is 2.17. The number of hydrogen-bond donors (Lipinski definition) is 1. The monoisotopic (exact) mass is 299 g/mol. The van der Waals surface area contributed by atoms with Crippen molar-refractivity contribution < 1.29 is 4.74 Å². The zero-order valence-corrected chi connectivity index (χ0v) is 12.4. The fourth-order valence-electron chi connectivity index (χ4n) is 2.34. The van der Waals surface area contributed by atoms with Crippen molar-refractivity contribution in [2.75, 3.05) is 7.11 Å². The van der Waals surface area contributed by atoms with Crippen molar-refractivity contribution in [3.8, 4) is 5.75 Å². The number of rotatable bonds is 5. The van der Waals surface area contributed by atoms with Gasteiger partial charge in [-0.1, -0.05) is 12.1 Å². The van der Waals surface area contributed by atoms with Crippen molar-refractivity contribution in [1.82, 2.24) is 24.5 Å². The minimum absolute atomic E-state index is 0.132. The summed E-state index contributed by atoms with van der Waals surface area (Å²) in [4.78, 5) is 12.0. The number of hydrogen-bond acceptors (Lipinski definition) is 4. The summed E-state index contributed by atoms with van der Waals surface area (Å²) in [6.07, 6.45) is 3.55. The van der Waals surface area contributed by atoms with Crippen LogP contribution in [0.2, 0.25) is 0 Å². The zero-order chi connectivity index (χ0) is 15.5. The normalized spacial score (nSPS) is 12.3. The number of benzene rings is 1. The second-order valence-corrected chi connectivity index (χ2v) is 4.98. The van der Waals surface area contributed by atoms with E-state index in [9.17, 15) is 4.79 Å². The molecule has 0 fully saturated rings. The summed E-state index contributed by atoms with van der Waals surface area (Å²) >= 11 is 0. The van der Waals surface area contributed by atoms with Crippen molar-refractivity contribution in [3.05, 3.63) is 64.6 Å². The average Bonchev–Trinajstić information content (AvgIpc) is 3.19. The fourth-order valence-corrected chi connectivity index (χ4v) is 2.34. The Kier molecular flexibility index (Phi) is 3.78. The largest absolute Gasteiger partial charge is 0.497 e. The topological polar surface area (TPSA) is 77.7 Å². The zero-order valence-electron chi connectivity index (χ0n) is 12.4. The Morgan fingerprint density at radius 3 is 2.73 bits per heavy atom. The molecule has 1 unspecified atom stereocenters. The molecule has 0 saturated carbocycles. The van der Waals surface area contributed by atoms with Crippen LogP contribution >= 0.6 is 0 Å². The van der Waals surface area contributed by atoms with Crippen LogP contribution in [0.3, 0.4) is 0 Å². The standard InChI is InChI=1S/C15H17N5O2/c1-11(20-9-3-8-16-20)14-17-18-15(21)19(14)10-12-4-6-13(22-2)7-5-12/h3-9,11H,10H2,1-2H3,(H,18,21). The SMILES string of the molecule is COc1ccc(Cn2c(C(C)n3cccn3)n[nH]c2=O)cc1. The first-order chi connectivity index (χ1) is 10.7. The van der Waals surface area contributed by atoms with Gasteiger partial charge in [-0.3, -0.25) is 9.25 Å². The second kappa shape index (κ2) is 5.88. The number of ether oxygens (including phenoxy) is 1. The lowest BCUT2D eigenvalue weighted by molar-refractivity contribution is 0.414. The maximum Gasteiger partial charge on any atom is 0.343 e. The third-order valence-electron chi connectivity index (χ3n) is 3.58. The second-order valence-electron chi connectivity index (χ2n) is 4.98. The van der Waals surface area contributed by atoms with E-state index >= 15 is 0 Å². The van der Waals surface area contributed by atoms with E-state index < -0.39 is 0 Å². The van der Waals surface area contributed by atoms with Gasteiger partial charge in [0.2, 0.25) is 0 Å². The van der Waals surface area contributed by atoms with Gasteiger partial charge in [-0.05, 0) is 30.7 Å². The van der Waals surface area contributed by atoms with Crippen LogP contribution in [0, 0.1) is 0 Å². The number of H-pyrrole nitrogens is 1. The Bertz CT molecular complexity index is 786. The van der Waals surface area contributed by atoms with Gasteiger partial charge in [0.1, 0.15) is 11.8 Å². The fraction of sp³-hybridized carbons (Fsp3) is 0.267. The predicted octanol–water partition coefficient (Wildman–Crippen LogP) is 1.43. The van der Waals surface area contributed by atoms with E-state index in [1.807, 2.05) is 43.5 Å². The van der Waals surface area contributed by atoms with Gasteiger partial charge in [-0.2, -0.15) is 10.2 Å². The van der Waals surface area contributed by atoms with Crippen molar-refractivity contribution in [2.45, 2.75) is 19.5 Å². The van der Waals surface area contributed by atoms with Gasteiger partial charge in [-0.15, -0.1) is 0 Å². The highest BCUT2D eigenvalue weighted by atomic mass is 16.5. The van der Waals surface area contributed by atoms with Crippen molar-refractivity contribution >= 4 is 0 Å². The molecule has 2 heterocycles. The van der Waals surface area contributed by atoms with E-state index in [1.165, 1.54) is 0 Å². The van der Waals surface area contributed by atoms with Gasteiger partial charge >= 0.3 is 5.69 Å². The molecular weight excluding hydrogens is 282 g/mol. The number of nitrogens with zero attached hydrogens (tertiary/aromatic N) is 4. The van der Waals surface area contributed by atoms with Crippen molar-refractivity contribution in [3.63, 3.8) is 0 Å². The maximum absolute atomic E-state index is 12.0. The third-order valence-corrected chi connectivity index (χ3v) is 3.58. The lowest BCUT2D eigenvalue weighted by Gasteiger charge is -2.13. The smallest absolute Gasteiger partial charge is 0.343 e. The molecule has 1 atom stereocenters. The summed E-state index contributed by atoms with van der Waals surface area (Å²) in [5, 5.41) is 10.9. The van der Waals surface area contributed by atoms with E-state index in [2.05, 4.69) is 15.3 Å². The van der Waals surface area contributed by atoms with Crippen molar-refractivity contribution in [2.24, 2.45) is 0 Å². The van der Waals surface area contributed by atoms with E-state index in [0.717, 1.165) is 11.3 Å². The first-order valence-electron chi connectivity index (χ1n) is 6.96. The Labute approximate surface area is 127 Å². The predicted molar refractivity (Wildman–Crippen MR) is 81.0 cm³/mol. The molecule has 0 amide bonds. The molecule has 0 aliphatic carbocycles. The molecule has 1 aromatic carbocycles. The number of aromatic amines is 1. The molecule has 7 nitrogen and oxygen atoms in total. The van der Waals surface area contributed by atoms with Gasteiger partial charge in [-0.25, -0.2) is 9.89 Å². The molecule has 0 saturated heterocycles. The molecule has 0 radical (unpaired) electrons. The van der Waals surface area contributed by atoms with Crippen LogP contribution < -0.4 is 10.4 Å². The molecule has 0 spiro atoms. The summed E-state index contributed by atoms with van der Waals surface area (Å²) in [6, 6.07) is 9.32. The minimum atomic E-state index is -0.232. The molecule has 7 heteroatoms. The Balaban J connectivity index is 1.90. The van der Waals surface area contributed by atoms with Crippen LogP contribution in [-0.2, 0) is 6.54 Å². The molecule has 2 aromatic heterocycles. The molecule has 3 aromatic rings. The summed E-state index contributed by atoms with van der Waals surface area (Å²) in [5.41, 5.74) is 0.767. The van der Waals surface area contributed by atoms with E-state index in [1.54, 1.807) is 22.6 Å². The van der Waals surface area contributed by atoms with Gasteiger partial charge in [0.05, 0.1) is 13.7 Å². The van der Waals surface area contributed by atoms with Crippen LogP contribution in [0.4, 0.5) is 0 Å². The third kappa shape index (κ3) is 2.65. The highest BCUT2D eigenvalue weighted by molar-refractivity contribution is 5.27. The van der Waals surface area contributed by atoms with Crippen LogP contribution in [0.15, 0.2) is 47.5 Å². The molecular formula is C15H17N5O2. The van der Waals surface area contributed by atoms with Crippen LogP contribution in [-0.4, -0.2) is 31.7 Å². The summed E-state index contributed by atoms with van der Waals surface area (Å²) in [6.45, 7) is 2.40. The Morgan fingerprint density at radius 1 is 1.32 bits per heavy atom. The first-order valence-corrected chi connectivity index (χ1v) is 6.96. The van der Waals surface area contributed by atoms with Crippen LogP contribution in [0.25, 0.3) is 0 Å². The number of nitrogens with one attached hydrogen (secondary N) is 1. The lowest BCUT2D eigenvalue weighted by atomic mass is 10.2. The lowest BCUT2D eigenvalue weighted by Crippen LogP contribution is -2.22. The Morgan fingerprint density at radius 2 is 2.09 bits per heavy atom. The molecule has 22 heavy (non-hydrogen) atoms. The summed E-state index contributed by atoms with van der Waals surface area (Å²) < 4.78 is 8.52. The van der Waals surface area contributed by atoms with E-state index in [4.69, 9.17) is 4.74 Å². The van der Waals surface area contributed by atoms with E-state index in [-0.39, 0.29) is 11.7 Å². The van der Waals surface area contributed by atoms with Gasteiger partial charge in [0.15, 0.2) is 5.82 Å². The number of aromatic nitrogens is 5.